The Bertz CT molecular complexity index is 606. The lowest BCUT2D eigenvalue weighted by molar-refractivity contribution is -0.131. The summed E-state index contributed by atoms with van der Waals surface area (Å²) >= 11 is 0. The fourth-order valence-electron chi connectivity index (χ4n) is 4.33. The number of hydrogen-bond donors (Lipinski definition) is 0. The molecule has 0 spiro atoms. The number of rotatable bonds is 3. The summed E-state index contributed by atoms with van der Waals surface area (Å²) in [5.41, 5.74) is 3.14. The molecule has 2 aliphatic heterocycles. The van der Waals surface area contributed by atoms with Gasteiger partial charge in [-0.2, -0.15) is 5.10 Å². The van der Waals surface area contributed by atoms with Gasteiger partial charge >= 0.3 is 0 Å². The van der Waals surface area contributed by atoms with Gasteiger partial charge in [0.1, 0.15) is 0 Å². The molecule has 2 fully saturated rings. The summed E-state index contributed by atoms with van der Waals surface area (Å²) in [5, 5.41) is 4.47. The number of aromatic nitrogens is 2. The first-order valence-corrected chi connectivity index (χ1v) is 9.00. The molecule has 3 rings (SSSR count). The van der Waals surface area contributed by atoms with Gasteiger partial charge in [0.05, 0.1) is 24.8 Å². The molecule has 0 bridgehead atoms. The van der Waals surface area contributed by atoms with Gasteiger partial charge in [-0.05, 0) is 26.7 Å². The van der Waals surface area contributed by atoms with Crippen LogP contribution in [-0.4, -0.2) is 70.9 Å². The number of morpholine rings is 1. The first-order valence-electron chi connectivity index (χ1n) is 9.00. The molecule has 3 heterocycles. The fraction of sp³-hybridized carbons (Fsp3) is 0.778. The quantitative estimate of drug-likeness (QED) is 0.837. The zero-order chi connectivity index (χ0) is 17.4. The fourth-order valence-corrected chi connectivity index (χ4v) is 4.33. The molecule has 2 aliphatic rings. The molecule has 0 saturated carbocycles. The topological polar surface area (TPSA) is 50.6 Å². The van der Waals surface area contributed by atoms with E-state index in [0.717, 1.165) is 56.3 Å². The molecule has 1 amide bonds. The molecule has 6 heteroatoms. The zero-order valence-electron chi connectivity index (χ0n) is 15.6. The Morgan fingerprint density at radius 2 is 1.92 bits per heavy atom. The van der Waals surface area contributed by atoms with Crippen molar-refractivity contribution < 1.29 is 9.53 Å². The van der Waals surface area contributed by atoms with Crippen molar-refractivity contribution in [1.82, 2.24) is 19.6 Å². The largest absolute Gasteiger partial charge is 0.379 e. The van der Waals surface area contributed by atoms with E-state index in [-0.39, 0.29) is 11.8 Å². The highest BCUT2D eigenvalue weighted by Gasteiger charge is 2.38. The number of aryl methyl sites for hydroxylation is 2. The van der Waals surface area contributed by atoms with Gasteiger partial charge in [0.25, 0.3) is 0 Å². The summed E-state index contributed by atoms with van der Waals surface area (Å²) < 4.78 is 7.33. The van der Waals surface area contributed by atoms with Gasteiger partial charge < -0.3 is 9.64 Å². The number of nitrogens with zero attached hydrogens (tertiary/aromatic N) is 4. The molecule has 0 N–H and O–H groups in total. The van der Waals surface area contributed by atoms with Crippen LogP contribution in [0.15, 0.2) is 0 Å². The van der Waals surface area contributed by atoms with E-state index in [9.17, 15) is 4.79 Å². The highest BCUT2D eigenvalue weighted by molar-refractivity contribution is 5.84. The Morgan fingerprint density at radius 1 is 1.25 bits per heavy atom. The van der Waals surface area contributed by atoms with Crippen LogP contribution in [0.4, 0.5) is 0 Å². The lowest BCUT2D eigenvalue weighted by Crippen LogP contribution is -2.47. The molecule has 3 atom stereocenters. The van der Waals surface area contributed by atoms with E-state index in [2.05, 4.69) is 21.8 Å². The van der Waals surface area contributed by atoms with Crippen LogP contribution >= 0.6 is 0 Å². The monoisotopic (exact) mass is 334 g/mol. The molecule has 6 nitrogen and oxygen atoms in total. The minimum Gasteiger partial charge on any atom is -0.379 e. The molecule has 1 aromatic heterocycles. The van der Waals surface area contributed by atoms with E-state index in [0.29, 0.717) is 12.0 Å². The molecule has 134 valence electrons. The van der Waals surface area contributed by atoms with Gasteiger partial charge in [0, 0.05) is 50.5 Å². The van der Waals surface area contributed by atoms with E-state index in [4.69, 9.17) is 4.74 Å². The highest BCUT2D eigenvalue weighted by atomic mass is 16.5. The van der Waals surface area contributed by atoms with Crippen molar-refractivity contribution in [2.75, 3.05) is 39.4 Å². The van der Waals surface area contributed by atoms with Gasteiger partial charge in [-0.15, -0.1) is 0 Å². The smallest absolute Gasteiger partial charge is 0.230 e. The van der Waals surface area contributed by atoms with E-state index in [1.807, 2.05) is 32.5 Å². The number of carbonyl (C=O) groups excluding carboxylic acids is 1. The summed E-state index contributed by atoms with van der Waals surface area (Å²) in [6, 6.07) is 0.459. The Kier molecular flexibility index (Phi) is 4.97. The Morgan fingerprint density at radius 3 is 2.50 bits per heavy atom. The lowest BCUT2D eigenvalue weighted by atomic mass is 9.98. The second-order valence-corrected chi connectivity index (χ2v) is 7.37. The Balaban J connectivity index is 1.71. The van der Waals surface area contributed by atoms with Crippen LogP contribution in [0, 0.1) is 19.8 Å². The molecular formula is C18H30N4O2. The summed E-state index contributed by atoms with van der Waals surface area (Å²) in [5.74, 6) is 0.612. The van der Waals surface area contributed by atoms with Gasteiger partial charge in [0.2, 0.25) is 5.91 Å². The van der Waals surface area contributed by atoms with E-state index < -0.39 is 0 Å². The summed E-state index contributed by atoms with van der Waals surface area (Å²) in [6.07, 6.45) is 0. The third-order valence-corrected chi connectivity index (χ3v) is 5.77. The van der Waals surface area contributed by atoms with Crippen LogP contribution in [0.5, 0.6) is 0 Å². The Hall–Kier alpha value is -1.40. The van der Waals surface area contributed by atoms with E-state index in [1.54, 1.807) is 0 Å². The highest BCUT2D eigenvalue weighted by Crippen LogP contribution is 2.29. The number of hydrogen-bond acceptors (Lipinski definition) is 4. The van der Waals surface area contributed by atoms with Crippen molar-refractivity contribution in [3.63, 3.8) is 0 Å². The van der Waals surface area contributed by atoms with Crippen LogP contribution in [0.25, 0.3) is 0 Å². The summed E-state index contributed by atoms with van der Waals surface area (Å²) in [4.78, 5) is 17.6. The predicted molar refractivity (Wildman–Crippen MR) is 93.0 cm³/mol. The maximum atomic E-state index is 13.1. The third kappa shape index (κ3) is 3.09. The van der Waals surface area contributed by atoms with E-state index >= 15 is 0 Å². The number of likely N-dealkylation sites (tertiary alicyclic amines) is 1. The normalized spacial score (nSPS) is 26.8. The number of ether oxygens (including phenoxy) is 1. The van der Waals surface area contributed by atoms with Crippen molar-refractivity contribution in [2.24, 2.45) is 13.0 Å². The molecule has 2 saturated heterocycles. The maximum absolute atomic E-state index is 13.1. The van der Waals surface area contributed by atoms with Crippen molar-refractivity contribution in [3.05, 3.63) is 17.0 Å². The van der Waals surface area contributed by atoms with Gasteiger partial charge in [-0.1, -0.05) is 6.92 Å². The van der Waals surface area contributed by atoms with Crippen LogP contribution < -0.4 is 0 Å². The second-order valence-electron chi connectivity index (χ2n) is 7.37. The lowest BCUT2D eigenvalue weighted by Gasteiger charge is -2.34. The van der Waals surface area contributed by atoms with Crippen LogP contribution in [0.3, 0.4) is 0 Å². The van der Waals surface area contributed by atoms with Gasteiger partial charge in [-0.25, -0.2) is 0 Å². The van der Waals surface area contributed by atoms with Crippen LogP contribution in [0.1, 0.15) is 36.7 Å². The number of amides is 1. The molecule has 0 radical (unpaired) electrons. The number of carbonyl (C=O) groups is 1. The van der Waals surface area contributed by atoms with Crippen molar-refractivity contribution in [2.45, 2.75) is 39.7 Å². The summed E-state index contributed by atoms with van der Waals surface area (Å²) in [7, 11) is 1.94. The Labute approximate surface area is 144 Å². The van der Waals surface area contributed by atoms with Gasteiger partial charge in [-0.3, -0.25) is 14.4 Å². The first-order chi connectivity index (χ1) is 11.4. The molecule has 24 heavy (non-hydrogen) atoms. The summed E-state index contributed by atoms with van der Waals surface area (Å²) in [6.45, 7) is 13.6. The average molecular weight is 334 g/mol. The molecule has 0 aliphatic carbocycles. The minimum atomic E-state index is -0.130. The van der Waals surface area contributed by atoms with Crippen LogP contribution in [0.2, 0.25) is 0 Å². The SMILES string of the molecule is Cc1nn(C)c(C)c1[C@H](C)C(=O)N1C[C@@H](C)[C@@H](N2CCOCC2)C1. The van der Waals surface area contributed by atoms with Crippen molar-refractivity contribution in [3.8, 4) is 0 Å². The minimum absolute atomic E-state index is 0.130. The van der Waals surface area contributed by atoms with Crippen LogP contribution in [-0.2, 0) is 16.6 Å². The predicted octanol–water partition coefficient (Wildman–Crippen LogP) is 1.32. The second kappa shape index (κ2) is 6.84. The maximum Gasteiger partial charge on any atom is 0.230 e. The van der Waals surface area contributed by atoms with Gasteiger partial charge in [0.15, 0.2) is 0 Å². The molecule has 0 aromatic carbocycles. The van der Waals surface area contributed by atoms with E-state index in [1.165, 1.54) is 0 Å². The zero-order valence-corrected chi connectivity index (χ0v) is 15.6. The average Bonchev–Trinajstić information content (AvgIpc) is 3.07. The van der Waals surface area contributed by atoms with Crippen molar-refractivity contribution in [1.29, 1.82) is 0 Å². The third-order valence-electron chi connectivity index (χ3n) is 5.77. The molecule has 0 unspecified atom stereocenters. The molecule has 1 aromatic rings. The molecular weight excluding hydrogens is 304 g/mol. The van der Waals surface area contributed by atoms with Crippen molar-refractivity contribution >= 4 is 5.91 Å². The standard InChI is InChI=1S/C18H30N4O2/c1-12-10-22(11-16(12)21-6-8-24-9-7-21)18(23)13(2)17-14(3)19-20(5)15(17)4/h12-13,16H,6-11H2,1-5H3/t12-,13+,16+/m1/s1. The first kappa shape index (κ1) is 17.4.